The molecule has 2 fully saturated rings. The highest BCUT2D eigenvalue weighted by atomic mass is 16.4. The van der Waals surface area contributed by atoms with Crippen LogP contribution in [0.3, 0.4) is 0 Å². The van der Waals surface area contributed by atoms with Gasteiger partial charge in [-0.15, -0.1) is 0 Å². The van der Waals surface area contributed by atoms with Gasteiger partial charge in [-0.1, -0.05) is 0 Å². The number of hydrogen-bond acceptors (Lipinski definition) is 2. The minimum atomic E-state index is -0.598. The number of rotatable bonds is 1. The Morgan fingerprint density at radius 3 is 2.83 bits per heavy atom. The van der Waals surface area contributed by atoms with Crippen molar-refractivity contribution in [2.45, 2.75) is 25.7 Å². The molecule has 2 N–H and O–H groups in total. The predicted molar refractivity (Wildman–Crippen MR) is 44.9 cm³/mol. The van der Waals surface area contributed by atoms with Crippen molar-refractivity contribution in [3.63, 3.8) is 0 Å². The molecule has 0 radical (unpaired) electrons. The summed E-state index contributed by atoms with van der Waals surface area (Å²) in [5.74, 6) is -0.663. The summed E-state index contributed by atoms with van der Waals surface area (Å²) in [7, 11) is 0. The summed E-state index contributed by atoms with van der Waals surface area (Å²) in [6, 6.07) is 0. The van der Waals surface area contributed by atoms with Crippen LogP contribution in [0.15, 0.2) is 0 Å². The van der Waals surface area contributed by atoms with Crippen molar-refractivity contribution >= 4 is 5.97 Å². The molecule has 1 saturated carbocycles. The van der Waals surface area contributed by atoms with Crippen LogP contribution in [0.5, 0.6) is 0 Å². The summed E-state index contributed by atoms with van der Waals surface area (Å²) in [6.45, 7) is 2.11. The number of nitrogens with one attached hydrogen (secondary N) is 1. The molecule has 1 spiro atoms. The van der Waals surface area contributed by atoms with E-state index in [4.69, 9.17) is 5.11 Å². The largest absolute Gasteiger partial charge is 0.481 e. The molecular weight excluding hydrogens is 154 g/mol. The Morgan fingerprint density at radius 2 is 2.33 bits per heavy atom. The van der Waals surface area contributed by atoms with E-state index in [0.717, 1.165) is 32.4 Å². The van der Waals surface area contributed by atoms with E-state index in [1.165, 1.54) is 6.42 Å². The SMILES string of the molecule is O=C(O)[C@@H]1CC[C@@]2(CCNC2)C1. The molecule has 1 aliphatic heterocycles. The van der Waals surface area contributed by atoms with Gasteiger partial charge in [0.15, 0.2) is 0 Å². The van der Waals surface area contributed by atoms with E-state index in [0.29, 0.717) is 5.41 Å². The molecule has 0 aromatic heterocycles. The fraction of sp³-hybridized carbons (Fsp3) is 0.889. The number of aliphatic carboxylic acids is 1. The van der Waals surface area contributed by atoms with E-state index >= 15 is 0 Å². The highest BCUT2D eigenvalue weighted by Crippen LogP contribution is 2.45. The maximum Gasteiger partial charge on any atom is 0.306 e. The molecule has 0 amide bonds. The van der Waals surface area contributed by atoms with Crippen LogP contribution in [-0.4, -0.2) is 24.2 Å². The molecule has 68 valence electrons. The quantitative estimate of drug-likeness (QED) is 0.612. The Labute approximate surface area is 72.2 Å². The van der Waals surface area contributed by atoms with Gasteiger partial charge >= 0.3 is 5.97 Å². The van der Waals surface area contributed by atoms with Gasteiger partial charge in [-0.3, -0.25) is 4.79 Å². The topological polar surface area (TPSA) is 49.3 Å². The third kappa shape index (κ3) is 1.22. The Balaban J connectivity index is 2.01. The molecule has 2 atom stereocenters. The molecular formula is C9H15NO2. The summed E-state index contributed by atoms with van der Waals surface area (Å²) < 4.78 is 0. The Bertz CT molecular complexity index is 197. The van der Waals surface area contributed by atoms with Crippen molar-refractivity contribution in [3.05, 3.63) is 0 Å². The van der Waals surface area contributed by atoms with Crippen molar-refractivity contribution in [1.82, 2.24) is 5.32 Å². The first-order valence-corrected chi connectivity index (χ1v) is 4.65. The second-order valence-corrected chi connectivity index (χ2v) is 4.20. The monoisotopic (exact) mass is 169 g/mol. The van der Waals surface area contributed by atoms with Gasteiger partial charge < -0.3 is 10.4 Å². The van der Waals surface area contributed by atoms with Crippen LogP contribution < -0.4 is 5.32 Å². The average Bonchev–Trinajstić information content (AvgIpc) is 2.62. The minimum Gasteiger partial charge on any atom is -0.481 e. The first-order chi connectivity index (χ1) is 5.72. The van der Waals surface area contributed by atoms with Crippen LogP contribution in [0.2, 0.25) is 0 Å². The first kappa shape index (κ1) is 8.05. The van der Waals surface area contributed by atoms with E-state index in [1.54, 1.807) is 0 Å². The molecule has 12 heavy (non-hydrogen) atoms. The number of hydrogen-bond donors (Lipinski definition) is 2. The summed E-state index contributed by atoms with van der Waals surface area (Å²) in [4.78, 5) is 10.7. The Kier molecular flexibility index (Phi) is 1.83. The molecule has 2 rings (SSSR count). The first-order valence-electron chi connectivity index (χ1n) is 4.65. The van der Waals surface area contributed by atoms with E-state index in [9.17, 15) is 4.79 Å². The highest BCUT2D eigenvalue weighted by Gasteiger charge is 2.43. The third-order valence-corrected chi connectivity index (χ3v) is 3.38. The van der Waals surface area contributed by atoms with E-state index in [-0.39, 0.29) is 5.92 Å². The Hall–Kier alpha value is -0.570. The molecule has 0 bridgehead atoms. The smallest absolute Gasteiger partial charge is 0.306 e. The molecule has 0 unspecified atom stereocenters. The molecule has 0 aromatic rings. The average molecular weight is 169 g/mol. The van der Waals surface area contributed by atoms with Gasteiger partial charge in [0.1, 0.15) is 0 Å². The van der Waals surface area contributed by atoms with Crippen molar-refractivity contribution in [2.24, 2.45) is 11.3 Å². The molecule has 3 nitrogen and oxygen atoms in total. The van der Waals surface area contributed by atoms with Gasteiger partial charge in [-0.2, -0.15) is 0 Å². The summed E-state index contributed by atoms with van der Waals surface area (Å²) in [5, 5.41) is 12.2. The fourth-order valence-electron chi connectivity index (χ4n) is 2.60. The zero-order valence-corrected chi connectivity index (χ0v) is 7.18. The van der Waals surface area contributed by atoms with Gasteiger partial charge in [0, 0.05) is 6.54 Å². The van der Waals surface area contributed by atoms with Crippen LogP contribution in [0.1, 0.15) is 25.7 Å². The molecule has 0 aromatic carbocycles. The van der Waals surface area contributed by atoms with E-state index in [2.05, 4.69) is 5.32 Å². The summed E-state index contributed by atoms with van der Waals surface area (Å²) >= 11 is 0. The number of carboxylic acids is 1. The number of carbonyl (C=O) groups is 1. The zero-order valence-electron chi connectivity index (χ0n) is 7.18. The zero-order chi connectivity index (χ0) is 8.60. The third-order valence-electron chi connectivity index (χ3n) is 3.38. The van der Waals surface area contributed by atoms with Gasteiger partial charge in [-0.05, 0) is 37.6 Å². The summed E-state index contributed by atoms with van der Waals surface area (Å²) in [5.41, 5.74) is 0.350. The molecule has 1 aliphatic carbocycles. The lowest BCUT2D eigenvalue weighted by Gasteiger charge is -2.20. The van der Waals surface area contributed by atoms with Crippen molar-refractivity contribution < 1.29 is 9.90 Å². The fourth-order valence-corrected chi connectivity index (χ4v) is 2.60. The second-order valence-electron chi connectivity index (χ2n) is 4.20. The molecule has 1 saturated heterocycles. The van der Waals surface area contributed by atoms with Crippen LogP contribution in [0.25, 0.3) is 0 Å². The highest BCUT2D eigenvalue weighted by molar-refractivity contribution is 5.70. The maximum atomic E-state index is 10.7. The van der Waals surface area contributed by atoms with E-state index in [1.807, 2.05) is 0 Å². The standard InChI is InChI=1S/C9H15NO2/c11-8(12)7-1-2-9(5-7)3-4-10-6-9/h7,10H,1-6H2,(H,11,12)/t7-,9-/m1/s1. The summed E-state index contributed by atoms with van der Waals surface area (Å²) in [6.07, 6.45) is 4.07. The minimum absolute atomic E-state index is 0.0649. The number of carboxylic acid groups (broad SMARTS) is 1. The van der Waals surface area contributed by atoms with Gasteiger partial charge in [0.25, 0.3) is 0 Å². The predicted octanol–water partition coefficient (Wildman–Crippen LogP) is 0.851. The van der Waals surface area contributed by atoms with E-state index < -0.39 is 5.97 Å². The molecule has 1 heterocycles. The lowest BCUT2D eigenvalue weighted by atomic mass is 9.84. The van der Waals surface area contributed by atoms with Crippen LogP contribution in [-0.2, 0) is 4.79 Å². The lowest BCUT2D eigenvalue weighted by molar-refractivity contribution is -0.141. The molecule has 2 aliphatic rings. The van der Waals surface area contributed by atoms with Crippen molar-refractivity contribution in [2.75, 3.05) is 13.1 Å². The van der Waals surface area contributed by atoms with Gasteiger partial charge in [0.2, 0.25) is 0 Å². The van der Waals surface area contributed by atoms with Crippen molar-refractivity contribution in [1.29, 1.82) is 0 Å². The normalized spacial score (nSPS) is 40.8. The van der Waals surface area contributed by atoms with Gasteiger partial charge in [0.05, 0.1) is 5.92 Å². The van der Waals surface area contributed by atoms with Gasteiger partial charge in [-0.25, -0.2) is 0 Å². The van der Waals surface area contributed by atoms with Crippen LogP contribution in [0, 0.1) is 11.3 Å². The maximum absolute atomic E-state index is 10.7. The Morgan fingerprint density at radius 1 is 1.50 bits per heavy atom. The molecule has 3 heteroatoms. The second kappa shape index (κ2) is 2.73. The van der Waals surface area contributed by atoms with Crippen LogP contribution in [0.4, 0.5) is 0 Å². The lowest BCUT2D eigenvalue weighted by Crippen LogP contribution is -2.21. The van der Waals surface area contributed by atoms with Crippen LogP contribution >= 0.6 is 0 Å². The van der Waals surface area contributed by atoms with Crippen molar-refractivity contribution in [3.8, 4) is 0 Å².